The quantitative estimate of drug-likeness (QED) is 0.445. The highest BCUT2D eigenvalue weighted by molar-refractivity contribution is 5.88. The summed E-state index contributed by atoms with van der Waals surface area (Å²) in [6.07, 6.45) is 0. The molecule has 68 valence electrons. The molecular weight excluding hydrogens is 160 g/mol. The highest BCUT2D eigenvalue weighted by Gasteiger charge is 2.22. The smallest absolute Gasteiger partial charge is 0.333 e. The largest absolute Gasteiger partial charge is 0.466 e. The molecule has 1 saturated heterocycles. The van der Waals surface area contributed by atoms with Gasteiger partial charge in [0.15, 0.2) is 0 Å². The second-order valence-corrected chi connectivity index (χ2v) is 2.57. The number of methoxy groups -OCH3 is 1. The minimum absolute atomic E-state index is 0.0637. The Labute approximate surface area is 71.1 Å². The number of rotatable bonds is 2. The van der Waals surface area contributed by atoms with Crippen LogP contribution >= 0.6 is 0 Å². The lowest BCUT2D eigenvalue weighted by Crippen LogP contribution is -2.28. The topological polar surface area (TPSA) is 44.8 Å². The third-order valence-electron chi connectivity index (χ3n) is 1.75. The zero-order chi connectivity index (χ0) is 8.97. The monoisotopic (exact) mass is 172 g/mol. The van der Waals surface area contributed by atoms with Crippen LogP contribution in [-0.2, 0) is 19.0 Å². The van der Waals surface area contributed by atoms with Crippen molar-refractivity contribution in [1.82, 2.24) is 0 Å². The van der Waals surface area contributed by atoms with Crippen LogP contribution in [0.25, 0.3) is 0 Å². The van der Waals surface area contributed by atoms with Gasteiger partial charge >= 0.3 is 5.97 Å². The van der Waals surface area contributed by atoms with Crippen molar-refractivity contribution >= 4 is 5.97 Å². The molecule has 0 bridgehead atoms. The fraction of sp³-hybridized carbons (Fsp3) is 0.625. The van der Waals surface area contributed by atoms with E-state index >= 15 is 0 Å². The molecule has 0 unspecified atom stereocenters. The molecule has 4 nitrogen and oxygen atoms in total. The highest BCUT2D eigenvalue weighted by atomic mass is 16.7. The summed E-state index contributed by atoms with van der Waals surface area (Å²) in [6.45, 7) is 4.87. The van der Waals surface area contributed by atoms with Gasteiger partial charge in [-0.05, 0) is 0 Å². The van der Waals surface area contributed by atoms with Gasteiger partial charge in [0.25, 0.3) is 0 Å². The maximum absolute atomic E-state index is 11.0. The minimum atomic E-state index is -0.394. The summed E-state index contributed by atoms with van der Waals surface area (Å²) in [5.74, 6) is -0.458. The number of esters is 1. The molecule has 1 aliphatic rings. The Morgan fingerprint density at radius 2 is 2.08 bits per heavy atom. The second-order valence-electron chi connectivity index (χ2n) is 2.57. The van der Waals surface area contributed by atoms with Crippen LogP contribution in [0.15, 0.2) is 12.2 Å². The third-order valence-corrected chi connectivity index (χ3v) is 1.75. The molecule has 4 heteroatoms. The van der Waals surface area contributed by atoms with Crippen LogP contribution in [0.3, 0.4) is 0 Å². The van der Waals surface area contributed by atoms with E-state index < -0.39 is 5.97 Å². The van der Waals surface area contributed by atoms with E-state index in [1.54, 1.807) is 0 Å². The molecule has 0 aromatic carbocycles. The summed E-state index contributed by atoms with van der Waals surface area (Å²) in [4.78, 5) is 11.0. The molecule has 0 aromatic rings. The summed E-state index contributed by atoms with van der Waals surface area (Å²) >= 11 is 0. The van der Waals surface area contributed by atoms with Gasteiger partial charge in [0.1, 0.15) is 6.79 Å². The van der Waals surface area contributed by atoms with Gasteiger partial charge in [-0.15, -0.1) is 0 Å². The van der Waals surface area contributed by atoms with Crippen molar-refractivity contribution in [2.75, 3.05) is 27.1 Å². The summed E-state index contributed by atoms with van der Waals surface area (Å²) in [5.41, 5.74) is 0.414. The van der Waals surface area contributed by atoms with Gasteiger partial charge in [0, 0.05) is 11.5 Å². The van der Waals surface area contributed by atoms with E-state index in [0.29, 0.717) is 25.6 Å². The van der Waals surface area contributed by atoms with Crippen LogP contribution in [0.4, 0.5) is 0 Å². The molecule has 0 atom stereocenters. The molecule has 0 N–H and O–H groups in total. The Morgan fingerprint density at radius 3 is 2.58 bits per heavy atom. The molecule has 1 heterocycles. The SMILES string of the molecule is C=C(C(=O)OC)C1COCOC1. The van der Waals surface area contributed by atoms with E-state index in [1.807, 2.05) is 0 Å². The van der Waals surface area contributed by atoms with Crippen molar-refractivity contribution in [3.63, 3.8) is 0 Å². The summed E-state index contributed by atoms with van der Waals surface area (Å²) < 4.78 is 14.5. The Bertz CT molecular complexity index is 181. The molecule has 0 aliphatic carbocycles. The van der Waals surface area contributed by atoms with Gasteiger partial charge in [0.05, 0.1) is 20.3 Å². The molecule has 1 aliphatic heterocycles. The van der Waals surface area contributed by atoms with Crippen molar-refractivity contribution in [3.8, 4) is 0 Å². The summed E-state index contributed by atoms with van der Waals surface area (Å²) in [7, 11) is 1.33. The Kier molecular flexibility index (Phi) is 3.25. The molecule has 12 heavy (non-hydrogen) atoms. The number of carbonyl (C=O) groups is 1. The lowest BCUT2D eigenvalue weighted by Gasteiger charge is -2.22. The van der Waals surface area contributed by atoms with Crippen LogP contribution in [0.5, 0.6) is 0 Å². The molecule has 0 spiro atoms. The Balaban J connectivity index is 2.45. The molecular formula is C8H12O4. The van der Waals surface area contributed by atoms with E-state index in [1.165, 1.54) is 7.11 Å². The van der Waals surface area contributed by atoms with E-state index in [4.69, 9.17) is 9.47 Å². The summed E-state index contributed by atoms with van der Waals surface area (Å²) in [6, 6.07) is 0. The lowest BCUT2D eigenvalue weighted by molar-refractivity contribution is -0.142. The van der Waals surface area contributed by atoms with Crippen molar-refractivity contribution in [2.45, 2.75) is 0 Å². The van der Waals surface area contributed by atoms with Crippen molar-refractivity contribution in [1.29, 1.82) is 0 Å². The van der Waals surface area contributed by atoms with Gasteiger partial charge in [-0.25, -0.2) is 4.79 Å². The summed E-state index contributed by atoms with van der Waals surface area (Å²) in [5, 5.41) is 0. The van der Waals surface area contributed by atoms with Gasteiger partial charge in [0.2, 0.25) is 0 Å². The number of carbonyl (C=O) groups excluding carboxylic acids is 1. The highest BCUT2D eigenvalue weighted by Crippen LogP contribution is 2.15. The maximum Gasteiger partial charge on any atom is 0.333 e. The first-order valence-corrected chi connectivity index (χ1v) is 3.68. The van der Waals surface area contributed by atoms with Crippen molar-refractivity contribution in [3.05, 3.63) is 12.2 Å². The van der Waals surface area contributed by atoms with E-state index in [2.05, 4.69) is 11.3 Å². The molecule has 1 fully saturated rings. The maximum atomic E-state index is 11.0. The van der Waals surface area contributed by atoms with Gasteiger partial charge in [-0.1, -0.05) is 6.58 Å². The van der Waals surface area contributed by atoms with Gasteiger partial charge in [-0.2, -0.15) is 0 Å². The van der Waals surface area contributed by atoms with Crippen LogP contribution in [-0.4, -0.2) is 33.1 Å². The first-order valence-electron chi connectivity index (χ1n) is 3.68. The zero-order valence-corrected chi connectivity index (χ0v) is 7.04. The predicted octanol–water partition coefficient (Wildman–Crippen LogP) is 0.336. The van der Waals surface area contributed by atoms with Crippen molar-refractivity contribution < 1.29 is 19.0 Å². The fourth-order valence-corrected chi connectivity index (χ4v) is 0.987. The second kappa shape index (κ2) is 4.23. The first-order chi connectivity index (χ1) is 5.75. The molecule has 1 rings (SSSR count). The van der Waals surface area contributed by atoms with Crippen LogP contribution in [0, 0.1) is 5.92 Å². The first kappa shape index (κ1) is 9.22. The average molecular weight is 172 g/mol. The standard InChI is InChI=1S/C8H12O4/c1-6(8(9)10-2)7-3-11-5-12-4-7/h7H,1,3-5H2,2H3. The predicted molar refractivity (Wildman–Crippen MR) is 41.4 cm³/mol. The van der Waals surface area contributed by atoms with Crippen LogP contribution < -0.4 is 0 Å². The number of ether oxygens (including phenoxy) is 3. The molecule has 0 amide bonds. The van der Waals surface area contributed by atoms with E-state index in [-0.39, 0.29) is 5.92 Å². The van der Waals surface area contributed by atoms with Gasteiger partial charge < -0.3 is 14.2 Å². The minimum Gasteiger partial charge on any atom is -0.466 e. The zero-order valence-electron chi connectivity index (χ0n) is 7.04. The average Bonchev–Trinajstić information content (AvgIpc) is 2.17. The fourth-order valence-electron chi connectivity index (χ4n) is 0.987. The Morgan fingerprint density at radius 1 is 1.50 bits per heavy atom. The molecule has 0 aromatic heterocycles. The van der Waals surface area contributed by atoms with E-state index in [0.717, 1.165) is 0 Å². The Hall–Kier alpha value is -0.870. The molecule has 0 saturated carbocycles. The van der Waals surface area contributed by atoms with Crippen molar-refractivity contribution in [2.24, 2.45) is 5.92 Å². The lowest BCUT2D eigenvalue weighted by atomic mass is 10.0. The van der Waals surface area contributed by atoms with Crippen LogP contribution in [0.2, 0.25) is 0 Å². The van der Waals surface area contributed by atoms with Crippen LogP contribution in [0.1, 0.15) is 0 Å². The van der Waals surface area contributed by atoms with Gasteiger partial charge in [-0.3, -0.25) is 0 Å². The third kappa shape index (κ3) is 2.06. The normalized spacial score (nSPS) is 18.8. The van der Waals surface area contributed by atoms with E-state index in [9.17, 15) is 4.79 Å². The number of hydrogen-bond donors (Lipinski definition) is 0. The number of hydrogen-bond acceptors (Lipinski definition) is 4. The molecule has 0 radical (unpaired) electrons.